The lowest BCUT2D eigenvalue weighted by Gasteiger charge is -2.39. The van der Waals surface area contributed by atoms with Crippen LogP contribution in [0.3, 0.4) is 0 Å². The molecule has 0 radical (unpaired) electrons. The minimum atomic E-state index is 0.0980. The van der Waals surface area contributed by atoms with E-state index in [1.54, 1.807) is 6.20 Å². The number of aromatic nitrogens is 1. The van der Waals surface area contributed by atoms with Crippen LogP contribution < -0.4 is 4.90 Å². The van der Waals surface area contributed by atoms with Gasteiger partial charge in [-0.05, 0) is 50.7 Å². The Balaban J connectivity index is 1.68. The fourth-order valence-corrected chi connectivity index (χ4v) is 3.87. The zero-order chi connectivity index (χ0) is 17.1. The first-order valence-corrected chi connectivity index (χ1v) is 9.23. The molecule has 1 N–H and O–H groups in total. The fourth-order valence-electron chi connectivity index (χ4n) is 3.87. The van der Waals surface area contributed by atoms with Crippen molar-refractivity contribution in [2.45, 2.75) is 45.6 Å². The Bertz CT molecular complexity index is 552. The van der Waals surface area contributed by atoms with Gasteiger partial charge in [-0.1, -0.05) is 6.92 Å². The Hall–Kier alpha value is -1.62. The molecule has 0 bridgehead atoms. The molecule has 1 aromatic rings. The van der Waals surface area contributed by atoms with Crippen molar-refractivity contribution in [2.24, 2.45) is 11.8 Å². The van der Waals surface area contributed by atoms with Crippen LogP contribution in [0.25, 0.3) is 0 Å². The molecule has 1 amide bonds. The van der Waals surface area contributed by atoms with E-state index < -0.39 is 0 Å². The minimum Gasteiger partial charge on any atom is -0.396 e. The number of rotatable bonds is 3. The predicted octanol–water partition coefficient (Wildman–Crippen LogP) is 2.55. The average molecular weight is 331 g/mol. The zero-order valence-corrected chi connectivity index (χ0v) is 14.8. The van der Waals surface area contributed by atoms with E-state index in [4.69, 9.17) is 0 Å². The molecule has 5 heteroatoms. The van der Waals surface area contributed by atoms with Gasteiger partial charge in [-0.3, -0.25) is 4.79 Å². The summed E-state index contributed by atoms with van der Waals surface area (Å²) in [5.74, 6) is 2.03. The third kappa shape index (κ3) is 3.56. The number of amides is 1. The number of pyridine rings is 1. The number of carbonyl (C=O) groups excluding carboxylic acids is 1. The third-order valence-electron chi connectivity index (χ3n) is 5.74. The van der Waals surface area contributed by atoms with E-state index in [1.807, 2.05) is 17.0 Å². The summed E-state index contributed by atoms with van der Waals surface area (Å²) in [4.78, 5) is 21.3. The molecule has 2 atom stereocenters. The maximum atomic E-state index is 12.6. The van der Waals surface area contributed by atoms with E-state index in [0.29, 0.717) is 11.5 Å². The van der Waals surface area contributed by atoms with E-state index >= 15 is 0 Å². The topological polar surface area (TPSA) is 56.7 Å². The van der Waals surface area contributed by atoms with Gasteiger partial charge in [0.05, 0.1) is 5.56 Å². The maximum absolute atomic E-state index is 12.6. The molecule has 0 spiro atoms. The highest BCUT2D eigenvalue weighted by atomic mass is 16.3. The van der Waals surface area contributed by atoms with Gasteiger partial charge in [0.25, 0.3) is 5.91 Å². The summed E-state index contributed by atoms with van der Waals surface area (Å²) >= 11 is 0. The molecule has 3 rings (SSSR count). The highest BCUT2D eigenvalue weighted by Crippen LogP contribution is 2.27. The smallest absolute Gasteiger partial charge is 0.255 e. The second-order valence-electron chi connectivity index (χ2n) is 7.40. The molecule has 2 fully saturated rings. The molecular formula is C19H29N3O2. The number of carbonyl (C=O) groups is 1. The monoisotopic (exact) mass is 331 g/mol. The molecule has 3 heterocycles. The van der Waals surface area contributed by atoms with E-state index in [2.05, 4.69) is 23.7 Å². The lowest BCUT2D eigenvalue weighted by atomic mass is 9.91. The van der Waals surface area contributed by atoms with E-state index in [0.717, 1.165) is 57.1 Å². The predicted molar refractivity (Wildman–Crippen MR) is 95.2 cm³/mol. The summed E-state index contributed by atoms with van der Waals surface area (Å²) in [6.45, 7) is 7.28. The molecule has 0 aromatic carbocycles. The molecule has 132 valence electrons. The normalized spacial score (nSPS) is 25.8. The van der Waals surface area contributed by atoms with E-state index in [-0.39, 0.29) is 18.6 Å². The van der Waals surface area contributed by atoms with Crippen LogP contribution in [0.2, 0.25) is 0 Å². The van der Waals surface area contributed by atoms with Gasteiger partial charge < -0.3 is 14.9 Å². The molecule has 2 saturated heterocycles. The summed E-state index contributed by atoms with van der Waals surface area (Å²) in [6, 6.07) is 4.13. The first-order chi connectivity index (χ1) is 11.6. The molecule has 2 aliphatic rings. The standard InChI is InChI=1S/C19H29N3O2/c1-14-7-10-21(11-8-14)19(24)16-5-6-18(20-12-16)22-9-3-4-17(13-23)15(22)2/h5-6,12,14-15,17,23H,3-4,7-11,13H2,1-2H3. The van der Waals surface area contributed by atoms with Gasteiger partial charge in [-0.2, -0.15) is 0 Å². The van der Waals surface area contributed by atoms with Gasteiger partial charge >= 0.3 is 0 Å². The summed E-state index contributed by atoms with van der Waals surface area (Å²) < 4.78 is 0. The molecule has 1 aromatic heterocycles. The molecule has 5 nitrogen and oxygen atoms in total. The summed E-state index contributed by atoms with van der Waals surface area (Å²) in [7, 11) is 0. The highest BCUT2D eigenvalue weighted by molar-refractivity contribution is 5.94. The number of aliphatic hydroxyl groups excluding tert-OH is 1. The number of anilines is 1. The van der Waals surface area contributed by atoms with Gasteiger partial charge in [0.2, 0.25) is 0 Å². The van der Waals surface area contributed by atoms with E-state index in [1.165, 1.54) is 0 Å². The lowest BCUT2D eigenvalue weighted by molar-refractivity contribution is 0.0697. The second kappa shape index (κ2) is 7.51. The Labute approximate surface area is 144 Å². The second-order valence-corrected chi connectivity index (χ2v) is 7.40. The third-order valence-corrected chi connectivity index (χ3v) is 5.74. The summed E-state index contributed by atoms with van der Waals surface area (Å²) in [6.07, 6.45) is 6.03. The number of likely N-dealkylation sites (tertiary alicyclic amines) is 1. The zero-order valence-electron chi connectivity index (χ0n) is 14.8. The fraction of sp³-hybridized carbons (Fsp3) is 0.684. The molecule has 24 heavy (non-hydrogen) atoms. The van der Waals surface area contributed by atoms with Crippen LogP contribution >= 0.6 is 0 Å². The highest BCUT2D eigenvalue weighted by Gasteiger charge is 2.28. The van der Waals surface area contributed by atoms with Crippen molar-refractivity contribution >= 4 is 11.7 Å². The number of hydrogen-bond acceptors (Lipinski definition) is 4. The van der Waals surface area contributed by atoms with Crippen molar-refractivity contribution < 1.29 is 9.90 Å². The van der Waals surface area contributed by atoms with Crippen LogP contribution in [0.4, 0.5) is 5.82 Å². The first-order valence-electron chi connectivity index (χ1n) is 9.23. The van der Waals surface area contributed by atoms with Crippen LogP contribution in [0.1, 0.15) is 49.9 Å². The Kier molecular flexibility index (Phi) is 5.39. The largest absolute Gasteiger partial charge is 0.396 e. The van der Waals surface area contributed by atoms with Crippen LogP contribution in [0, 0.1) is 11.8 Å². The van der Waals surface area contributed by atoms with Crippen LogP contribution in [-0.2, 0) is 0 Å². The van der Waals surface area contributed by atoms with Crippen molar-refractivity contribution in [3.05, 3.63) is 23.9 Å². The maximum Gasteiger partial charge on any atom is 0.255 e. The van der Waals surface area contributed by atoms with E-state index in [9.17, 15) is 9.90 Å². The SMILES string of the molecule is CC1CCN(C(=O)c2ccc(N3CCCC(CO)C3C)nc2)CC1. The summed E-state index contributed by atoms with van der Waals surface area (Å²) in [5.41, 5.74) is 0.677. The average Bonchev–Trinajstić information content (AvgIpc) is 2.62. The number of aliphatic hydroxyl groups is 1. The van der Waals surface area contributed by atoms with Gasteiger partial charge in [0, 0.05) is 44.4 Å². The summed E-state index contributed by atoms with van der Waals surface area (Å²) in [5, 5.41) is 9.51. The Morgan fingerprint density at radius 2 is 1.96 bits per heavy atom. The molecule has 2 unspecified atom stereocenters. The number of nitrogens with zero attached hydrogens (tertiary/aromatic N) is 3. The van der Waals surface area contributed by atoms with Crippen molar-refractivity contribution in [2.75, 3.05) is 31.1 Å². The van der Waals surface area contributed by atoms with Crippen molar-refractivity contribution in [3.63, 3.8) is 0 Å². The molecule has 0 saturated carbocycles. The quantitative estimate of drug-likeness (QED) is 0.925. The van der Waals surface area contributed by atoms with Crippen molar-refractivity contribution in [1.82, 2.24) is 9.88 Å². The minimum absolute atomic E-state index is 0.0980. The number of hydrogen-bond donors (Lipinski definition) is 1. The Morgan fingerprint density at radius 1 is 1.21 bits per heavy atom. The lowest BCUT2D eigenvalue weighted by Crippen LogP contribution is -2.45. The molecular weight excluding hydrogens is 302 g/mol. The Morgan fingerprint density at radius 3 is 2.58 bits per heavy atom. The van der Waals surface area contributed by atoms with Crippen LogP contribution in [-0.4, -0.2) is 53.2 Å². The van der Waals surface area contributed by atoms with Gasteiger partial charge in [-0.15, -0.1) is 0 Å². The van der Waals surface area contributed by atoms with Gasteiger partial charge in [-0.25, -0.2) is 4.98 Å². The molecule has 0 aliphatic carbocycles. The van der Waals surface area contributed by atoms with Crippen molar-refractivity contribution in [3.8, 4) is 0 Å². The van der Waals surface area contributed by atoms with Crippen LogP contribution in [0.15, 0.2) is 18.3 Å². The number of piperidine rings is 2. The first kappa shape index (κ1) is 17.2. The van der Waals surface area contributed by atoms with Gasteiger partial charge in [0.15, 0.2) is 0 Å². The van der Waals surface area contributed by atoms with Gasteiger partial charge in [0.1, 0.15) is 5.82 Å². The van der Waals surface area contributed by atoms with Crippen LogP contribution in [0.5, 0.6) is 0 Å². The molecule has 2 aliphatic heterocycles. The van der Waals surface area contributed by atoms with Crippen molar-refractivity contribution in [1.29, 1.82) is 0 Å².